The van der Waals surface area contributed by atoms with Gasteiger partial charge in [-0.05, 0) is 60.2 Å². The molecule has 1 N–H and O–H groups in total. The number of aryl methyl sites for hydroxylation is 2. The predicted molar refractivity (Wildman–Crippen MR) is 121 cm³/mol. The maximum Gasteiger partial charge on any atom is 0.273 e. The lowest BCUT2D eigenvalue weighted by Crippen LogP contribution is -2.25. The van der Waals surface area contributed by atoms with Crippen LogP contribution in [0, 0.1) is 6.92 Å². The molecule has 0 aliphatic carbocycles. The second-order valence-electron chi connectivity index (χ2n) is 6.70. The number of hydrogen-bond acceptors (Lipinski definition) is 5. The van der Waals surface area contributed by atoms with Gasteiger partial charge in [0, 0.05) is 12.7 Å². The highest BCUT2D eigenvalue weighted by Gasteiger charge is 2.22. The van der Waals surface area contributed by atoms with Gasteiger partial charge in [-0.1, -0.05) is 31.2 Å². The zero-order valence-corrected chi connectivity index (χ0v) is 18.7. The first-order valence-electron chi connectivity index (χ1n) is 9.46. The molecule has 1 amide bonds. The van der Waals surface area contributed by atoms with Gasteiger partial charge in [-0.2, -0.15) is 0 Å². The third-order valence-electron chi connectivity index (χ3n) is 4.68. The Bertz CT molecular complexity index is 1110. The summed E-state index contributed by atoms with van der Waals surface area (Å²) < 4.78 is 32.3. The normalized spacial score (nSPS) is 11.2. The average Bonchev–Trinajstić information content (AvgIpc) is 3.29. The van der Waals surface area contributed by atoms with E-state index < -0.39 is 10.0 Å². The number of sulfonamides is 1. The second-order valence-corrected chi connectivity index (χ2v) is 9.84. The van der Waals surface area contributed by atoms with Crippen molar-refractivity contribution in [3.8, 4) is 5.75 Å². The van der Waals surface area contributed by atoms with E-state index >= 15 is 0 Å². The minimum atomic E-state index is -3.59. The van der Waals surface area contributed by atoms with Crippen LogP contribution in [0.2, 0.25) is 0 Å². The Hall–Kier alpha value is -2.84. The topological polar surface area (TPSA) is 75.7 Å². The fourth-order valence-electron chi connectivity index (χ4n) is 2.96. The Kier molecular flexibility index (Phi) is 6.79. The lowest BCUT2D eigenvalue weighted by atomic mass is 10.1. The standard InChI is InChI=1S/C22H24N2O4S2/c1-4-17-8-5-7-16(2)22(17)23-20(25)15-28-19-12-10-18(11-13-19)24(3)30(26,27)21-9-6-14-29-21/h5-14H,4,15H2,1-3H3,(H,23,25). The van der Waals surface area contributed by atoms with E-state index in [-0.39, 0.29) is 16.7 Å². The lowest BCUT2D eigenvalue weighted by Gasteiger charge is -2.18. The molecule has 1 heterocycles. The van der Waals surface area contributed by atoms with Crippen molar-refractivity contribution in [2.75, 3.05) is 23.3 Å². The molecule has 1 aromatic heterocycles. The SMILES string of the molecule is CCc1cccc(C)c1NC(=O)COc1ccc(N(C)S(=O)(=O)c2cccs2)cc1. The Labute approximate surface area is 181 Å². The molecule has 0 saturated heterocycles. The molecular weight excluding hydrogens is 420 g/mol. The zero-order chi connectivity index (χ0) is 21.7. The highest BCUT2D eigenvalue weighted by atomic mass is 32.2. The molecule has 0 aliphatic rings. The van der Waals surface area contributed by atoms with Gasteiger partial charge in [0.2, 0.25) is 0 Å². The summed E-state index contributed by atoms with van der Waals surface area (Å²) in [6, 6.07) is 15.8. The largest absolute Gasteiger partial charge is 0.484 e. The number of rotatable bonds is 8. The number of para-hydroxylation sites is 1. The fraction of sp³-hybridized carbons (Fsp3) is 0.227. The molecule has 0 atom stereocenters. The summed E-state index contributed by atoms with van der Waals surface area (Å²) >= 11 is 1.17. The number of thiophene rings is 1. The van der Waals surface area contributed by atoms with Gasteiger partial charge in [0.1, 0.15) is 9.96 Å². The third-order valence-corrected chi connectivity index (χ3v) is 7.84. The van der Waals surface area contributed by atoms with Crippen LogP contribution in [-0.4, -0.2) is 28.0 Å². The van der Waals surface area contributed by atoms with Crippen LogP contribution in [0.3, 0.4) is 0 Å². The van der Waals surface area contributed by atoms with Gasteiger partial charge >= 0.3 is 0 Å². The molecule has 0 saturated carbocycles. The monoisotopic (exact) mass is 444 g/mol. The molecule has 3 rings (SSSR count). The van der Waals surface area contributed by atoms with Crippen molar-refractivity contribution in [1.29, 1.82) is 0 Å². The van der Waals surface area contributed by atoms with Crippen molar-refractivity contribution < 1.29 is 17.9 Å². The summed E-state index contributed by atoms with van der Waals surface area (Å²) in [7, 11) is -2.08. The van der Waals surface area contributed by atoms with Gasteiger partial charge in [0.25, 0.3) is 15.9 Å². The van der Waals surface area contributed by atoms with Crippen LogP contribution in [0.1, 0.15) is 18.1 Å². The third kappa shape index (κ3) is 4.83. The quantitative estimate of drug-likeness (QED) is 0.557. The minimum absolute atomic E-state index is 0.139. The van der Waals surface area contributed by atoms with Crippen molar-refractivity contribution >= 4 is 38.6 Å². The first-order valence-corrected chi connectivity index (χ1v) is 11.8. The molecule has 0 spiro atoms. The van der Waals surface area contributed by atoms with Crippen LogP contribution in [0.15, 0.2) is 64.2 Å². The number of amides is 1. The van der Waals surface area contributed by atoms with E-state index in [2.05, 4.69) is 5.32 Å². The zero-order valence-electron chi connectivity index (χ0n) is 17.1. The number of carbonyl (C=O) groups excluding carboxylic acids is 1. The van der Waals surface area contributed by atoms with Gasteiger partial charge in [-0.15, -0.1) is 11.3 Å². The maximum atomic E-state index is 12.6. The van der Waals surface area contributed by atoms with Crippen molar-refractivity contribution in [3.05, 3.63) is 71.1 Å². The second kappa shape index (κ2) is 9.32. The number of ether oxygens (including phenoxy) is 1. The molecule has 0 fully saturated rings. The van der Waals surface area contributed by atoms with Crippen molar-refractivity contribution in [2.45, 2.75) is 24.5 Å². The predicted octanol–water partition coefficient (Wildman–Crippen LogP) is 4.46. The fourth-order valence-corrected chi connectivity index (χ4v) is 5.32. The van der Waals surface area contributed by atoms with Gasteiger partial charge in [0.15, 0.2) is 6.61 Å². The van der Waals surface area contributed by atoms with Crippen molar-refractivity contribution in [3.63, 3.8) is 0 Å². The van der Waals surface area contributed by atoms with E-state index in [1.807, 2.05) is 32.0 Å². The molecule has 158 valence electrons. The number of nitrogens with one attached hydrogen (secondary N) is 1. The first-order chi connectivity index (χ1) is 14.3. The van der Waals surface area contributed by atoms with E-state index in [9.17, 15) is 13.2 Å². The van der Waals surface area contributed by atoms with Gasteiger partial charge < -0.3 is 10.1 Å². The Balaban J connectivity index is 1.62. The number of hydrogen-bond donors (Lipinski definition) is 1. The van der Waals surface area contributed by atoms with Gasteiger partial charge in [0.05, 0.1) is 5.69 Å². The molecule has 0 unspecified atom stereocenters. The first kappa shape index (κ1) is 21.9. The summed E-state index contributed by atoms with van der Waals surface area (Å²) in [5.74, 6) is 0.233. The van der Waals surface area contributed by atoms with Crippen LogP contribution < -0.4 is 14.4 Å². The smallest absolute Gasteiger partial charge is 0.273 e. The van der Waals surface area contributed by atoms with Crippen LogP contribution >= 0.6 is 11.3 Å². The molecule has 30 heavy (non-hydrogen) atoms. The Morgan fingerprint density at radius 3 is 2.47 bits per heavy atom. The van der Waals surface area contributed by atoms with Crippen LogP contribution in [0.5, 0.6) is 5.75 Å². The number of carbonyl (C=O) groups is 1. The highest BCUT2D eigenvalue weighted by Crippen LogP contribution is 2.26. The number of anilines is 2. The van der Waals surface area contributed by atoms with E-state index in [1.54, 1.807) is 41.8 Å². The molecule has 3 aromatic rings. The maximum absolute atomic E-state index is 12.6. The average molecular weight is 445 g/mol. The Morgan fingerprint density at radius 1 is 1.10 bits per heavy atom. The molecule has 8 heteroatoms. The summed E-state index contributed by atoms with van der Waals surface area (Å²) in [5.41, 5.74) is 3.40. The van der Waals surface area contributed by atoms with Crippen LogP contribution in [-0.2, 0) is 21.2 Å². The number of nitrogens with zero attached hydrogens (tertiary/aromatic N) is 1. The van der Waals surface area contributed by atoms with E-state index in [0.717, 1.165) is 23.2 Å². The van der Waals surface area contributed by atoms with E-state index in [4.69, 9.17) is 4.74 Å². The molecule has 6 nitrogen and oxygen atoms in total. The summed E-state index contributed by atoms with van der Waals surface area (Å²) in [4.78, 5) is 12.3. The summed E-state index contributed by atoms with van der Waals surface area (Å²) in [6.45, 7) is 3.85. The van der Waals surface area contributed by atoms with Crippen LogP contribution in [0.4, 0.5) is 11.4 Å². The van der Waals surface area contributed by atoms with Gasteiger partial charge in [-0.25, -0.2) is 8.42 Å². The molecule has 0 aliphatic heterocycles. The van der Waals surface area contributed by atoms with Gasteiger partial charge in [-0.3, -0.25) is 9.10 Å². The minimum Gasteiger partial charge on any atom is -0.484 e. The summed E-state index contributed by atoms with van der Waals surface area (Å²) in [5, 5.41) is 4.64. The lowest BCUT2D eigenvalue weighted by molar-refractivity contribution is -0.118. The molecular formula is C22H24N2O4S2. The Morgan fingerprint density at radius 2 is 1.83 bits per heavy atom. The van der Waals surface area contributed by atoms with E-state index in [1.165, 1.54) is 22.7 Å². The highest BCUT2D eigenvalue weighted by molar-refractivity contribution is 7.94. The molecule has 0 radical (unpaired) electrons. The van der Waals surface area contributed by atoms with E-state index in [0.29, 0.717) is 11.4 Å². The van der Waals surface area contributed by atoms with Crippen molar-refractivity contribution in [1.82, 2.24) is 0 Å². The van der Waals surface area contributed by atoms with Crippen molar-refractivity contribution in [2.24, 2.45) is 0 Å². The molecule has 0 bridgehead atoms. The number of benzene rings is 2. The van der Waals surface area contributed by atoms with Crippen LogP contribution in [0.25, 0.3) is 0 Å². The summed E-state index contributed by atoms with van der Waals surface area (Å²) in [6.07, 6.45) is 0.821. The molecule has 2 aromatic carbocycles.